The van der Waals surface area contributed by atoms with E-state index in [0.29, 0.717) is 5.16 Å². The molecule has 1 aliphatic heterocycles. The summed E-state index contributed by atoms with van der Waals surface area (Å²) >= 11 is 2.95. The molecule has 0 atom stereocenters. The van der Waals surface area contributed by atoms with E-state index in [1.165, 1.54) is 22.8 Å². The number of nitrogen functional groups attached to an aromatic ring is 1. The molecule has 8 heteroatoms. The van der Waals surface area contributed by atoms with Crippen molar-refractivity contribution in [1.29, 1.82) is 0 Å². The zero-order chi connectivity index (χ0) is 16.5. The third-order valence-electron chi connectivity index (χ3n) is 3.55. The Morgan fingerprint density at radius 3 is 2.29 bits per heavy atom. The number of hydrogen-bond acceptors (Lipinski definition) is 6. The third-order valence-corrected chi connectivity index (χ3v) is 5.62. The van der Waals surface area contributed by atoms with E-state index in [1.807, 2.05) is 48.5 Å². The fourth-order valence-electron chi connectivity index (χ4n) is 2.50. The lowest BCUT2D eigenvalue weighted by molar-refractivity contribution is -0.115. The summed E-state index contributed by atoms with van der Waals surface area (Å²) in [6.07, 6.45) is 1.41. The van der Waals surface area contributed by atoms with Crippen molar-refractivity contribution < 1.29 is 4.79 Å². The van der Waals surface area contributed by atoms with Crippen LogP contribution >= 0.6 is 23.5 Å². The van der Waals surface area contributed by atoms with Crippen molar-refractivity contribution in [2.45, 2.75) is 14.9 Å². The predicted molar refractivity (Wildman–Crippen MR) is 95.0 cm³/mol. The molecular weight excluding hydrogens is 342 g/mol. The highest BCUT2D eigenvalue weighted by Crippen LogP contribution is 2.48. The number of thioether (sulfide) groups is 1. The van der Waals surface area contributed by atoms with E-state index in [-0.39, 0.29) is 11.7 Å². The van der Waals surface area contributed by atoms with Crippen molar-refractivity contribution in [3.8, 4) is 0 Å². The lowest BCUT2D eigenvalue weighted by Gasteiger charge is -2.30. The number of amides is 1. The maximum Gasteiger partial charge on any atom is 0.242 e. The van der Waals surface area contributed by atoms with Gasteiger partial charge in [0.1, 0.15) is 6.33 Å². The van der Waals surface area contributed by atoms with E-state index < -0.39 is 0 Å². The molecule has 0 bridgehead atoms. The summed E-state index contributed by atoms with van der Waals surface area (Å²) < 4.78 is 1.31. The van der Waals surface area contributed by atoms with E-state index >= 15 is 0 Å². The van der Waals surface area contributed by atoms with Crippen molar-refractivity contribution in [1.82, 2.24) is 14.9 Å². The first kappa shape index (κ1) is 15.1. The summed E-state index contributed by atoms with van der Waals surface area (Å²) in [7, 11) is 0. The van der Waals surface area contributed by atoms with Gasteiger partial charge >= 0.3 is 0 Å². The first-order chi connectivity index (χ1) is 11.7. The highest BCUT2D eigenvalue weighted by Gasteiger charge is 2.27. The summed E-state index contributed by atoms with van der Waals surface area (Å²) in [5.74, 6) is 5.90. The van der Waals surface area contributed by atoms with Gasteiger partial charge in [0.15, 0.2) is 0 Å². The highest BCUT2D eigenvalue weighted by atomic mass is 32.2. The minimum Gasteiger partial charge on any atom is -0.336 e. The van der Waals surface area contributed by atoms with Crippen LogP contribution in [-0.4, -0.2) is 26.5 Å². The molecule has 0 spiro atoms. The van der Waals surface area contributed by atoms with Crippen molar-refractivity contribution >= 4 is 40.8 Å². The first-order valence-electron chi connectivity index (χ1n) is 7.21. The van der Waals surface area contributed by atoms with Crippen LogP contribution in [0.25, 0.3) is 0 Å². The molecule has 0 fully saturated rings. The molecule has 2 aromatic carbocycles. The van der Waals surface area contributed by atoms with Gasteiger partial charge in [-0.2, -0.15) is 0 Å². The summed E-state index contributed by atoms with van der Waals surface area (Å²) in [6.45, 7) is 0. The molecule has 0 radical (unpaired) electrons. The summed E-state index contributed by atoms with van der Waals surface area (Å²) in [5, 5.41) is 8.13. The number of hydrogen-bond donors (Lipinski definition) is 1. The predicted octanol–water partition coefficient (Wildman–Crippen LogP) is 2.91. The number of carbonyl (C=O) groups is 1. The first-order valence-corrected chi connectivity index (χ1v) is 9.01. The minimum absolute atomic E-state index is 0.0248. The van der Waals surface area contributed by atoms with Gasteiger partial charge in [-0.1, -0.05) is 47.8 Å². The van der Waals surface area contributed by atoms with E-state index in [0.717, 1.165) is 21.2 Å². The van der Waals surface area contributed by atoms with Crippen LogP contribution in [-0.2, 0) is 4.79 Å². The summed E-state index contributed by atoms with van der Waals surface area (Å²) in [5.41, 5.74) is 1.81. The van der Waals surface area contributed by atoms with Gasteiger partial charge in [0.25, 0.3) is 0 Å². The quantitative estimate of drug-likeness (QED) is 0.575. The van der Waals surface area contributed by atoms with Crippen LogP contribution in [0, 0.1) is 0 Å². The number of fused-ring (bicyclic) bond motifs is 2. The second-order valence-corrected chi connectivity index (χ2v) is 7.10. The number of nitrogens with zero attached hydrogens (tertiary/aromatic N) is 4. The maximum absolute atomic E-state index is 12.9. The van der Waals surface area contributed by atoms with E-state index in [2.05, 4.69) is 10.2 Å². The maximum atomic E-state index is 12.9. The van der Waals surface area contributed by atoms with Gasteiger partial charge in [-0.3, -0.25) is 9.69 Å². The molecule has 0 saturated carbocycles. The normalized spacial score (nSPS) is 12.6. The molecule has 2 heterocycles. The van der Waals surface area contributed by atoms with Crippen LogP contribution in [0.15, 0.2) is 69.8 Å². The van der Waals surface area contributed by atoms with Gasteiger partial charge in [-0.15, -0.1) is 10.2 Å². The molecule has 0 unspecified atom stereocenters. The summed E-state index contributed by atoms with van der Waals surface area (Å²) in [6, 6.07) is 15.8. The molecule has 3 aromatic rings. The molecule has 2 N–H and O–H groups in total. The number of anilines is 2. The lowest BCUT2D eigenvalue weighted by Crippen LogP contribution is -2.30. The molecule has 6 nitrogen and oxygen atoms in total. The molecular formula is C16H13N5OS2. The van der Waals surface area contributed by atoms with Crippen LogP contribution in [0.4, 0.5) is 11.4 Å². The lowest BCUT2D eigenvalue weighted by atomic mass is 10.2. The standard InChI is InChI=1S/C16H13N5OS2/c17-20-10-18-19-16(20)23-9-15(22)21-11-5-1-3-7-13(11)24-14-8-4-2-6-12(14)21/h1-8,10H,9,17H2. The molecule has 1 aromatic heterocycles. The number of nitrogens with two attached hydrogens (primary N) is 1. The van der Waals surface area contributed by atoms with Crippen LogP contribution in [0.1, 0.15) is 0 Å². The second kappa shape index (κ2) is 6.21. The Kier molecular flexibility index (Phi) is 3.91. The minimum atomic E-state index is -0.0248. The SMILES string of the molecule is Nn1cnnc1SCC(=O)N1c2ccccc2Sc2ccccc21. The number of para-hydroxylation sites is 2. The fourth-order valence-corrected chi connectivity index (χ4v) is 4.24. The monoisotopic (exact) mass is 355 g/mol. The third kappa shape index (κ3) is 2.63. The topological polar surface area (TPSA) is 77.0 Å². The number of rotatable bonds is 3. The Labute approximate surface area is 147 Å². The van der Waals surface area contributed by atoms with Gasteiger partial charge in [0.2, 0.25) is 11.1 Å². The smallest absolute Gasteiger partial charge is 0.242 e. The van der Waals surface area contributed by atoms with Crippen LogP contribution in [0.2, 0.25) is 0 Å². The Balaban J connectivity index is 1.66. The zero-order valence-corrected chi connectivity index (χ0v) is 14.1. The molecule has 0 saturated heterocycles. The molecule has 120 valence electrons. The second-order valence-electron chi connectivity index (χ2n) is 5.08. The molecule has 4 rings (SSSR count). The highest BCUT2D eigenvalue weighted by molar-refractivity contribution is 8.00. The Hall–Kier alpha value is -2.45. The number of benzene rings is 2. The average molecular weight is 355 g/mol. The molecule has 0 aliphatic carbocycles. The van der Waals surface area contributed by atoms with Crippen molar-refractivity contribution in [2.24, 2.45) is 0 Å². The molecule has 1 aliphatic rings. The van der Waals surface area contributed by atoms with Gasteiger partial charge in [0.05, 0.1) is 17.1 Å². The van der Waals surface area contributed by atoms with E-state index in [4.69, 9.17) is 5.84 Å². The van der Waals surface area contributed by atoms with Crippen molar-refractivity contribution in [2.75, 3.05) is 16.5 Å². The molecule has 24 heavy (non-hydrogen) atoms. The summed E-state index contributed by atoms with van der Waals surface area (Å²) in [4.78, 5) is 16.8. The van der Waals surface area contributed by atoms with Crippen LogP contribution in [0.3, 0.4) is 0 Å². The number of aromatic nitrogens is 3. The Morgan fingerprint density at radius 2 is 1.71 bits per heavy atom. The van der Waals surface area contributed by atoms with E-state index in [9.17, 15) is 4.79 Å². The van der Waals surface area contributed by atoms with Crippen molar-refractivity contribution in [3.63, 3.8) is 0 Å². The average Bonchev–Trinajstić information content (AvgIpc) is 3.02. The molecule has 1 amide bonds. The van der Waals surface area contributed by atoms with Gasteiger partial charge in [-0.25, -0.2) is 4.68 Å². The van der Waals surface area contributed by atoms with Gasteiger partial charge < -0.3 is 5.84 Å². The fraction of sp³-hybridized carbons (Fsp3) is 0.0625. The van der Waals surface area contributed by atoms with Gasteiger partial charge in [-0.05, 0) is 24.3 Å². The Morgan fingerprint density at radius 1 is 1.08 bits per heavy atom. The van der Waals surface area contributed by atoms with E-state index in [1.54, 1.807) is 16.7 Å². The Bertz CT molecular complexity index is 865. The van der Waals surface area contributed by atoms with Gasteiger partial charge in [0, 0.05) is 9.79 Å². The zero-order valence-electron chi connectivity index (χ0n) is 12.5. The van der Waals surface area contributed by atoms with Crippen molar-refractivity contribution in [3.05, 3.63) is 54.9 Å². The van der Waals surface area contributed by atoms with Crippen LogP contribution in [0.5, 0.6) is 0 Å². The van der Waals surface area contributed by atoms with Crippen LogP contribution < -0.4 is 10.7 Å². The largest absolute Gasteiger partial charge is 0.336 e. The number of carbonyl (C=O) groups excluding carboxylic acids is 1.